The van der Waals surface area contributed by atoms with Gasteiger partial charge in [0.1, 0.15) is 17.8 Å². The first-order chi connectivity index (χ1) is 8.76. The second kappa shape index (κ2) is 5.27. The highest BCUT2D eigenvalue weighted by Crippen LogP contribution is 2.21. The van der Waals surface area contributed by atoms with Crippen LogP contribution in [0, 0.1) is 0 Å². The van der Waals surface area contributed by atoms with E-state index in [1.807, 2.05) is 0 Å². The van der Waals surface area contributed by atoms with E-state index in [1.165, 1.54) is 26.6 Å². The highest BCUT2D eigenvalue weighted by atomic mass is 16.5. The van der Waals surface area contributed by atoms with Crippen molar-refractivity contribution in [2.75, 3.05) is 14.2 Å². The van der Waals surface area contributed by atoms with Crippen molar-refractivity contribution in [3.8, 4) is 11.6 Å². The molecule has 0 aliphatic carbocycles. The van der Waals surface area contributed by atoms with E-state index in [2.05, 4.69) is 9.97 Å². The van der Waals surface area contributed by atoms with Gasteiger partial charge in [0.2, 0.25) is 11.7 Å². The Hall–Kier alpha value is -2.43. The SMILES string of the molecule is COc1cc(C(=O)c2ccccc2OC)ncn1. The molecule has 0 bridgehead atoms. The summed E-state index contributed by atoms with van der Waals surface area (Å²) in [6, 6.07) is 8.49. The van der Waals surface area contributed by atoms with E-state index in [0.29, 0.717) is 17.2 Å². The maximum atomic E-state index is 12.3. The molecule has 0 aliphatic heterocycles. The van der Waals surface area contributed by atoms with Gasteiger partial charge in [-0.1, -0.05) is 12.1 Å². The van der Waals surface area contributed by atoms with Crippen LogP contribution >= 0.6 is 0 Å². The predicted octanol–water partition coefficient (Wildman–Crippen LogP) is 1.72. The molecule has 1 aromatic heterocycles. The zero-order chi connectivity index (χ0) is 13.0. The summed E-state index contributed by atoms with van der Waals surface area (Å²) in [5.74, 6) is 0.636. The second-order valence-electron chi connectivity index (χ2n) is 3.48. The molecule has 0 saturated heterocycles. The molecule has 0 aliphatic rings. The van der Waals surface area contributed by atoms with Crippen molar-refractivity contribution >= 4 is 5.78 Å². The van der Waals surface area contributed by atoms with Crippen molar-refractivity contribution in [2.24, 2.45) is 0 Å². The zero-order valence-electron chi connectivity index (χ0n) is 10.1. The van der Waals surface area contributed by atoms with Crippen LogP contribution in [0.4, 0.5) is 0 Å². The third kappa shape index (κ3) is 2.29. The second-order valence-corrected chi connectivity index (χ2v) is 3.48. The van der Waals surface area contributed by atoms with Gasteiger partial charge >= 0.3 is 0 Å². The van der Waals surface area contributed by atoms with Crippen molar-refractivity contribution in [3.05, 3.63) is 47.9 Å². The third-order valence-corrected chi connectivity index (χ3v) is 2.44. The van der Waals surface area contributed by atoms with E-state index in [1.54, 1.807) is 24.3 Å². The first kappa shape index (κ1) is 12.0. The molecule has 1 heterocycles. The number of carbonyl (C=O) groups is 1. The van der Waals surface area contributed by atoms with E-state index in [0.717, 1.165) is 0 Å². The Labute approximate surface area is 104 Å². The number of ether oxygens (including phenoxy) is 2. The molecule has 5 nitrogen and oxygen atoms in total. The van der Waals surface area contributed by atoms with Gasteiger partial charge in [-0.25, -0.2) is 9.97 Å². The Morgan fingerprint density at radius 3 is 2.61 bits per heavy atom. The van der Waals surface area contributed by atoms with Crippen molar-refractivity contribution in [1.82, 2.24) is 9.97 Å². The molecule has 0 atom stereocenters. The molecule has 18 heavy (non-hydrogen) atoms. The van der Waals surface area contributed by atoms with Gasteiger partial charge in [-0.05, 0) is 12.1 Å². The summed E-state index contributed by atoms with van der Waals surface area (Å²) in [5.41, 5.74) is 0.729. The van der Waals surface area contributed by atoms with Gasteiger partial charge in [0.15, 0.2) is 0 Å². The molecule has 92 valence electrons. The number of hydrogen-bond acceptors (Lipinski definition) is 5. The lowest BCUT2D eigenvalue weighted by atomic mass is 10.1. The topological polar surface area (TPSA) is 61.3 Å². The number of hydrogen-bond donors (Lipinski definition) is 0. The van der Waals surface area contributed by atoms with Crippen LogP contribution in [-0.2, 0) is 0 Å². The van der Waals surface area contributed by atoms with Crippen molar-refractivity contribution in [2.45, 2.75) is 0 Å². The summed E-state index contributed by atoms with van der Waals surface area (Å²) in [4.78, 5) is 20.1. The number of carbonyl (C=O) groups excluding carboxylic acids is 1. The Balaban J connectivity index is 2.41. The lowest BCUT2D eigenvalue weighted by Gasteiger charge is -2.07. The first-order valence-electron chi connectivity index (χ1n) is 5.30. The van der Waals surface area contributed by atoms with Crippen molar-refractivity contribution < 1.29 is 14.3 Å². The molecule has 0 radical (unpaired) electrons. The lowest BCUT2D eigenvalue weighted by molar-refractivity contribution is 0.103. The smallest absolute Gasteiger partial charge is 0.216 e. The lowest BCUT2D eigenvalue weighted by Crippen LogP contribution is -2.06. The highest BCUT2D eigenvalue weighted by Gasteiger charge is 2.15. The molecule has 0 fully saturated rings. The molecule has 0 unspecified atom stereocenters. The molecular weight excluding hydrogens is 232 g/mol. The fraction of sp³-hybridized carbons (Fsp3) is 0.154. The molecule has 1 aromatic carbocycles. The summed E-state index contributed by atoms with van der Waals surface area (Å²) in [7, 11) is 3.01. The monoisotopic (exact) mass is 244 g/mol. The number of benzene rings is 1. The molecule has 0 N–H and O–H groups in total. The Kier molecular flexibility index (Phi) is 3.52. The summed E-state index contributed by atoms with van der Waals surface area (Å²) in [6.45, 7) is 0. The molecular formula is C13H12N2O3. The zero-order valence-corrected chi connectivity index (χ0v) is 10.1. The largest absolute Gasteiger partial charge is 0.496 e. The maximum Gasteiger partial charge on any atom is 0.216 e. The average Bonchev–Trinajstić information content (AvgIpc) is 2.46. The first-order valence-corrected chi connectivity index (χ1v) is 5.30. The number of methoxy groups -OCH3 is 2. The normalized spacial score (nSPS) is 9.89. The molecule has 2 aromatic rings. The minimum absolute atomic E-state index is 0.229. The minimum Gasteiger partial charge on any atom is -0.496 e. The number of aromatic nitrogens is 2. The van der Waals surface area contributed by atoms with Gasteiger partial charge in [0, 0.05) is 6.07 Å². The molecule has 2 rings (SSSR count). The van der Waals surface area contributed by atoms with Gasteiger partial charge in [0.05, 0.1) is 19.8 Å². The summed E-state index contributed by atoms with van der Waals surface area (Å²) in [5, 5.41) is 0. The van der Waals surface area contributed by atoms with Gasteiger partial charge < -0.3 is 9.47 Å². The van der Waals surface area contributed by atoms with Crippen LogP contribution in [0.5, 0.6) is 11.6 Å². The number of ketones is 1. The quantitative estimate of drug-likeness (QED) is 0.766. The van der Waals surface area contributed by atoms with Crippen LogP contribution < -0.4 is 9.47 Å². The number of nitrogens with zero attached hydrogens (tertiary/aromatic N) is 2. The van der Waals surface area contributed by atoms with E-state index < -0.39 is 0 Å². The van der Waals surface area contributed by atoms with Crippen LogP contribution in [0.15, 0.2) is 36.7 Å². The predicted molar refractivity (Wildman–Crippen MR) is 65.0 cm³/mol. The van der Waals surface area contributed by atoms with E-state index >= 15 is 0 Å². The third-order valence-electron chi connectivity index (χ3n) is 2.44. The van der Waals surface area contributed by atoms with E-state index in [9.17, 15) is 4.79 Å². The Bertz CT molecular complexity index is 570. The van der Waals surface area contributed by atoms with Gasteiger partial charge in [-0.2, -0.15) is 0 Å². The minimum atomic E-state index is -0.229. The fourth-order valence-electron chi connectivity index (χ4n) is 1.55. The van der Waals surface area contributed by atoms with Crippen molar-refractivity contribution in [3.63, 3.8) is 0 Å². The summed E-state index contributed by atoms with van der Waals surface area (Å²) < 4.78 is 10.1. The van der Waals surface area contributed by atoms with Crippen LogP contribution in [0.2, 0.25) is 0 Å². The number of rotatable bonds is 4. The Morgan fingerprint density at radius 1 is 1.11 bits per heavy atom. The highest BCUT2D eigenvalue weighted by molar-refractivity contribution is 6.09. The van der Waals surface area contributed by atoms with E-state index in [4.69, 9.17) is 9.47 Å². The maximum absolute atomic E-state index is 12.3. The summed E-state index contributed by atoms with van der Waals surface area (Å²) >= 11 is 0. The van der Waals surface area contributed by atoms with Crippen LogP contribution in [-0.4, -0.2) is 30.0 Å². The van der Waals surface area contributed by atoms with Crippen LogP contribution in [0.1, 0.15) is 16.1 Å². The van der Waals surface area contributed by atoms with E-state index in [-0.39, 0.29) is 11.5 Å². The molecule has 0 amide bonds. The van der Waals surface area contributed by atoms with Gasteiger partial charge in [0.25, 0.3) is 0 Å². The number of para-hydroxylation sites is 1. The fourth-order valence-corrected chi connectivity index (χ4v) is 1.55. The van der Waals surface area contributed by atoms with Crippen LogP contribution in [0.3, 0.4) is 0 Å². The molecule has 0 spiro atoms. The van der Waals surface area contributed by atoms with Gasteiger partial charge in [-0.3, -0.25) is 4.79 Å². The molecule has 5 heteroatoms. The van der Waals surface area contributed by atoms with Crippen molar-refractivity contribution in [1.29, 1.82) is 0 Å². The average molecular weight is 244 g/mol. The van der Waals surface area contributed by atoms with Crippen LogP contribution in [0.25, 0.3) is 0 Å². The van der Waals surface area contributed by atoms with Gasteiger partial charge in [-0.15, -0.1) is 0 Å². The summed E-state index contributed by atoms with van der Waals surface area (Å²) in [6.07, 6.45) is 1.29. The Morgan fingerprint density at radius 2 is 1.89 bits per heavy atom. The molecule has 0 saturated carbocycles. The standard InChI is InChI=1S/C13H12N2O3/c1-17-11-6-4-3-5-9(11)13(16)10-7-12(18-2)15-8-14-10/h3-8H,1-2H3.